The quantitative estimate of drug-likeness (QED) is 0.863. The van der Waals surface area contributed by atoms with Gasteiger partial charge in [0, 0.05) is 32.5 Å². The fourth-order valence-electron chi connectivity index (χ4n) is 3.57. The van der Waals surface area contributed by atoms with Crippen molar-refractivity contribution in [1.82, 2.24) is 14.9 Å². The van der Waals surface area contributed by atoms with E-state index in [-0.39, 0.29) is 24.0 Å². The Balaban J connectivity index is 1.78. The van der Waals surface area contributed by atoms with Crippen LogP contribution in [0.15, 0.2) is 36.7 Å². The summed E-state index contributed by atoms with van der Waals surface area (Å²) in [5.41, 5.74) is 0.985. The number of ether oxygens (including phenoxy) is 2. The standard InChI is InChI=1S/C20H27N3O3/c1-23-13-12-21-19(23)18(14-4-8-16(25-2)9-5-14)22-20(24)15-6-10-17(26-3)11-7-15/h4-5,8-9,12-13,15,17-18H,6-7,10-11H2,1-3H3,(H,22,24)/t15?,17?,18-/m1/s1. The van der Waals surface area contributed by atoms with Crippen molar-refractivity contribution in [2.75, 3.05) is 14.2 Å². The van der Waals surface area contributed by atoms with Crippen LogP contribution >= 0.6 is 0 Å². The summed E-state index contributed by atoms with van der Waals surface area (Å²) in [5, 5.41) is 3.21. The third-order valence-corrected chi connectivity index (χ3v) is 5.23. The zero-order chi connectivity index (χ0) is 18.5. The smallest absolute Gasteiger partial charge is 0.223 e. The second-order valence-electron chi connectivity index (χ2n) is 6.82. The molecule has 1 heterocycles. The van der Waals surface area contributed by atoms with Gasteiger partial charge in [0.25, 0.3) is 0 Å². The van der Waals surface area contributed by atoms with Crippen LogP contribution in [0.1, 0.15) is 43.1 Å². The van der Waals surface area contributed by atoms with Crippen molar-refractivity contribution in [3.05, 3.63) is 48.0 Å². The summed E-state index contributed by atoms with van der Waals surface area (Å²) in [4.78, 5) is 17.3. The van der Waals surface area contributed by atoms with E-state index in [0.717, 1.165) is 42.8 Å². The summed E-state index contributed by atoms with van der Waals surface area (Å²) in [6.07, 6.45) is 7.52. The maximum atomic E-state index is 12.9. The molecule has 0 radical (unpaired) electrons. The van der Waals surface area contributed by atoms with Crippen LogP contribution in [-0.2, 0) is 16.6 Å². The van der Waals surface area contributed by atoms with E-state index in [4.69, 9.17) is 9.47 Å². The molecule has 3 rings (SSSR count). The molecular weight excluding hydrogens is 330 g/mol. The van der Waals surface area contributed by atoms with Crippen LogP contribution < -0.4 is 10.1 Å². The first-order valence-corrected chi connectivity index (χ1v) is 9.06. The Morgan fingerprint density at radius 2 is 1.88 bits per heavy atom. The fourth-order valence-corrected chi connectivity index (χ4v) is 3.57. The van der Waals surface area contributed by atoms with Crippen molar-refractivity contribution in [2.24, 2.45) is 13.0 Å². The SMILES string of the molecule is COc1ccc([C@@H](NC(=O)C2CCC(OC)CC2)c2nccn2C)cc1. The van der Waals surface area contributed by atoms with Crippen LogP contribution in [0.5, 0.6) is 5.75 Å². The van der Waals surface area contributed by atoms with E-state index in [0.29, 0.717) is 0 Å². The van der Waals surface area contributed by atoms with Crippen molar-refractivity contribution >= 4 is 5.91 Å². The molecule has 1 aliphatic carbocycles. The maximum Gasteiger partial charge on any atom is 0.223 e. The predicted octanol–water partition coefficient (Wildman–Crippen LogP) is 2.84. The van der Waals surface area contributed by atoms with Gasteiger partial charge in [0.15, 0.2) is 0 Å². The first kappa shape index (κ1) is 18.5. The molecule has 6 heteroatoms. The molecule has 0 bridgehead atoms. The minimum atomic E-state index is -0.284. The number of benzene rings is 1. The van der Waals surface area contributed by atoms with Crippen LogP contribution in [-0.4, -0.2) is 35.8 Å². The molecule has 1 saturated carbocycles. The molecule has 1 amide bonds. The molecule has 0 unspecified atom stereocenters. The minimum absolute atomic E-state index is 0.0300. The Morgan fingerprint density at radius 1 is 1.19 bits per heavy atom. The van der Waals surface area contributed by atoms with E-state index < -0.39 is 0 Å². The normalized spacial score (nSPS) is 21.2. The number of nitrogens with zero attached hydrogens (tertiary/aromatic N) is 2. The third kappa shape index (κ3) is 4.07. The number of aromatic nitrogens is 2. The molecule has 1 N–H and O–H groups in total. The second kappa shape index (κ2) is 8.36. The molecule has 1 fully saturated rings. The van der Waals surface area contributed by atoms with E-state index in [1.165, 1.54) is 0 Å². The highest BCUT2D eigenvalue weighted by Crippen LogP contribution is 2.28. The Hall–Kier alpha value is -2.34. The molecule has 1 aromatic heterocycles. The van der Waals surface area contributed by atoms with E-state index >= 15 is 0 Å². The van der Waals surface area contributed by atoms with Gasteiger partial charge >= 0.3 is 0 Å². The van der Waals surface area contributed by atoms with Crippen LogP contribution in [0.25, 0.3) is 0 Å². The van der Waals surface area contributed by atoms with Gasteiger partial charge < -0.3 is 19.4 Å². The van der Waals surface area contributed by atoms with Gasteiger partial charge in [-0.2, -0.15) is 0 Å². The van der Waals surface area contributed by atoms with E-state index in [9.17, 15) is 4.79 Å². The van der Waals surface area contributed by atoms with Crippen LogP contribution in [0.2, 0.25) is 0 Å². The number of hydrogen-bond acceptors (Lipinski definition) is 4. The lowest BCUT2D eigenvalue weighted by molar-refractivity contribution is -0.127. The van der Waals surface area contributed by atoms with Gasteiger partial charge in [0.05, 0.1) is 13.2 Å². The Kier molecular flexibility index (Phi) is 5.93. The summed E-state index contributed by atoms with van der Waals surface area (Å²) in [6, 6.07) is 7.47. The largest absolute Gasteiger partial charge is 0.497 e. The molecule has 1 atom stereocenters. The Labute approximate surface area is 154 Å². The van der Waals surface area contributed by atoms with Gasteiger partial charge in [0.2, 0.25) is 5.91 Å². The number of imidazole rings is 1. The van der Waals surface area contributed by atoms with Crippen LogP contribution in [0.4, 0.5) is 0 Å². The number of carbonyl (C=O) groups is 1. The first-order chi connectivity index (χ1) is 12.6. The third-order valence-electron chi connectivity index (χ3n) is 5.23. The number of methoxy groups -OCH3 is 2. The van der Waals surface area contributed by atoms with E-state index in [1.54, 1.807) is 20.4 Å². The fraction of sp³-hybridized carbons (Fsp3) is 0.500. The highest BCUT2D eigenvalue weighted by molar-refractivity contribution is 5.79. The summed E-state index contributed by atoms with van der Waals surface area (Å²) in [5.74, 6) is 1.72. The minimum Gasteiger partial charge on any atom is -0.497 e. The molecule has 0 aliphatic heterocycles. The molecule has 0 spiro atoms. The van der Waals surface area contributed by atoms with Crippen molar-refractivity contribution in [1.29, 1.82) is 0 Å². The number of rotatable bonds is 6. The van der Waals surface area contributed by atoms with Gasteiger partial charge in [-0.15, -0.1) is 0 Å². The topological polar surface area (TPSA) is 65.4 Å². The van der Waals surface area contributed by atoms with Crippen LogP contribution in [0, 0.1) is 5.92 Å². The lowest BCUT2D eigenvalue weighted by Gasteiger charge is -2.28. The molecule has 1 aromatic carbocycles. The Morgan fingerprint density at radius 3 is 2.42 bits per heavy atom. The van der Waals surface area contributed by atoms with Gasteiger partial charge in [0.1, 0.15) is 17.6 Å². The summed E-state index contributed by atoms with van der Waals surface area (Å²) in [7, 11) is 5.32. The molecule has 140 valence electrons. The van der Waals surface area contributed by atoms with Gasteiger partial charge in [-0.25, -0.2) is 4.98 Å². The van der Waals surface area contributed by atoms with Gasteiger partial charge in [-0.05, 0) is 43.4 Å². The summed E-state index contributed by atoms with van der Waals surface area (Å²) in [6.45, 7) is 0. The predicted molar refractivity (Wildman–Crippen MR) is 98.9 cm³/mol. The monoisotopic (exact) mass is 357 g/mol. The van der Waals surface area contributed by atoms with E-state index in [2.05, 4.69) is 10.3 Å². The van der Waals surface area contributed by atoms with Crippen molar-refractivity contribution in [2.45, 2.75) is 37.8 Å². The number of hydrogen-bond donors (Lipinski definition) is 1. The maximum absolute atomic E-state index is 12.9. The molecule has 0 saturated heterocycles. The molecule has 1 aliphatic rings. The molecule has 26 heavy (non-hydrogen) atoms. The summed E-state index contributed by atoms with van der Waals surface area (Å²) >= 11 is 0. The summed E-state index contributed by atoms with van der Waals surface area (Å²) < 4.78 is 12.6. The lowest BCUT2D eigenvalue weighted by Crippen LogP contribution is -2.38. The van der Waals surface area contributed by atoms with E-state index in [1.807, 2.05) is 42.1 Å². The first-order valence-electron chi connectivity index (χ1n) is 9.06. The van der Waals surface area contributed by atoms with Crippen molar-refractivity contribution < 1.29 is 14.3 Å². The molecule has 2 aromatic rings. The van der Waals surface area contributed by atoms with Gasteiger partial charge in [-0.1, -0.05) is 12.1 Å². The van der Waals surface area contributed by atoms with Crippen molar-refractivity contribution in [3.63, 3.8) is 0 Å². The highest BCUT2D eigenvalue weighted by Gasteiger charge is 2.29. The number of nitrogens with one attached hydrogen (secondary N) is 1. The molecular formula is C20H27N3O3. The molecule has 6 nitrogen and oxygen atoms in total. The van der Waals surface area contributed by atoms with Crippen LogP contribution in [0.3, 0.4) is 0 Å². The Bertz CT molecular complexity index is 718. The second-order valence-corrected chi connectivity index (χ2v) is 6.82. The zero-order valence-corrected chi connectivity index (χ0v) is 15.6. The van der Waals surface area contributed by atoms with Gasteiger partial charge in [-0.3, -0.25) is 4.79 Å². The highest BCUT2D eigenvalue weighted by atomic mass is 16.5. The lowest BCUT2D eigenvalue weighted by atomic mass is 9.86. The average molecular weight is 357 g/mol. The zero-order valence-electron chi connectivity index (χ0n) is 15.6. The number of carbonyl (C=O) groups excluding carboxylic acids is 1. The number of amides is 1. The average Bonchev–Trinajstić information content (AvgIpc) is 3.11. The number of aryl methyl sites for hydroxylation is 1. The van der Waals surface area contributed by atoms with Crippen molar-refractivity contribution in [3.8, 4) is 5.75 Å².